The van der Waals surface area contributed by atoms with Crippen LogP contribution in [0.3, 0.4) is 0 Å². The molecule has 0 saturated carbocycles. The quantitative estimate of drug-likeness (QED) is 0.738. The van der Waals surface area contributed by atoms with Gasteiger partial charge in [-0.3, -0.25) is 4.90 Å². The van der Waals surface area contributed by atoms with Gasteiger partial charge < -0.3 is 0 Å². The summed E-state index contributed by atoms with van der Waals surface area (Å²) < 4.78 is 0. The average molecular weight is 231 g/mol. The van der Waals surface area contributed by atoms with Gasteiger partial charge in [0.25, 0.3) is 0 Å². The maximum atomic E-state index is 2.70. The lowest BCUT2D eigenvalue weighted by Gasteiger charge is -2.30. The molecule has 1 heteroatoms. The number of hydrogen-bond donors (Lipinski definition) is 0. The molecule has 0 unspecified atom stereocenters. The predicted octanol–water partition coefficient (Wildman–Crippen LogP) is 4.09. The molecule has 1 nitrogen and oxygen atoms in total. The summed E-state index contributed by atoms with van der Waals surface area (Å²) in [5.74, 6) is 0.890. The Labute approximate surface area is 106 Å². The van der Waals surface area contributed by atoms with Gasteiger partial charge in [0.05, 0.1) is 0 Å². The number of rotatable bonds is 5. The SMILES string of the molecule is CCC(CC)[C@@H]1CCCN1Cc1ccccc1. The third kappa shape index (κ3) is 3.10. The summed E-state index contributed by atoms with van der Waals surface area (Å²) in [5.41, 5.74) is 1.46. The molecule has 1 aliphatic rings. The summed E-state index contributed by atoms with van der Waals surface area (Å²) in [4.78, 5) is 2.70. The standard InChI is InChI=1S/C16H25N/c1-3-15(4-2)16-11-8-12-17(16)13-14-9-6-5-7-10-14/h5-7,9-10,15-16H,3-4,8,11-13H2,1-2H3/t16-/m0/s1. The maximum absolute atomic E-state index is 2.70. The molecular weight excluding hydrogens is 206 g/mol. The first-order valence-electron chi connectivity index (χ1n) is 7.13. The largest absolute Gasteiger partial charge is 0.296 e. The minimum Gasteiger partial charge on any atom is -0.296 e. The summed E-state index contributed by atoms with van der Waals surface area (Å²) in [7, 11) is 0. The van der Waals surface area contributed by atoms with E-state index in [-0.39, 0.29) is 0 Å². The van der Waals surface area contributed by atoms with Crippen LogP contribution in [-0.4, -0.2) is 17.5 Å². The third-order valence-corrected chi connectivity index (χ3v) is 4.24. The van der Waals surface area contributed by atoms with E-state index in [2.05, 4.69) is 49.1 Å². The van der Waals surface area contributed by atoms with E-state index in [1.54, 1.807) is 0 Å². The Bertz CT molecular complexity index is 316. The highest BCUT2D eigenvalue weighted by Crippen LogP contribution is 2.29. The van der Waals surface area contributed by atoms with Gasteiger partial charge in [-0.1, -0.05) is 57.0 Å². The molecule has 0 radical (unpaired) electrons. The molecule has 94 valence electrons. The van der Waals surface area contributed by atoms with Crippen molar-refractivity contribution in [1.82, 2.24) is 4.90 Å². The molecule has 1 fully saturated rings. The molecule has 1 atom stereocenters. The van der Waals surface area contributed by atoms with Crippen LogP contribution in [0.4, 0.5) is 0 Å². The second-order valence-electron chi connectivity index (χ2n) is 5.24. The van der Waals surface area contributed by atoms with Crippen LogP contribution in [0.1, 0.15) is 45.1 Å². The Morgan fingerprint density at radius 1 is 1.18 bits per heavy atom. The van der Waals surface area contributed by atoms with Crippen molar-refractivity contribution in [2.45, 2.75) is 52.1 Å². The highest BCUT2D eigenvalue weighted by atomic mass is 15.2. The van der Waals surface area contributed by atoms with Gasteiger partial charge in [0, 0.05) is 12.6 Å². The fraction of sp³-hybridized carbons (Fsp3) is 0.625. The summed E-state index contributed by atoms with van der Waals surface area (Å²) in [6.07, 6.45) is 5.44. The Morgan fingerprint density at radius 2 is 1.88 bits per heavy atom. The minimum atomic E-state index is 0.824. The van der Waals surface area contributed by atoms with Crippen LogP contribution in [0.15, 0.2) is 30.3 Å². The van der Waals surface area contributed by atoms with Crippen molar-refractivity contribution in [3.63, 3.8) is 0 Å². The third-order valence-electron chi connectivity index (χ3n) is 4.24. The van der Waals surface area contributed by atoms with Crippen molar-refractivity contribution in [3.8, 4) is 0 Å². The van der Waals surface area contributed by atoms with E-state index in [4.69, 9.17) is 0 Å². The van der Waals surface area contributed by atoms with Crippen LogP contribution >= 0.6 is 0 Å². The van der Waals surface area contributed by atoms with E-state index in [0.29, 0.717) is 0 Å². The van der Waals surface area contributed by atoms with Crippen LogP contribution in [-0.2, 0) is 6.54 Å². The van der Waals surface area contributed by atoms with Crippen molar-refractivity contribution in [3.05, 3.63) is 35.9 Å². The molecule has 0 amide bonds. The Balaban J connectivity index is 2.00. The minimum absolute atomic E-state index is 0.824. The molecule has 1 aliphatic heterocycles. The van der Waals surface area contributed by atoms with Crippen molar-refractivity contribution < 1.29 is 0 Å². The zero-order chi connectivity index (χ0) is 12.1. The molecule has 0 aliphatic carbocycles. The van der Waals surface area contributed by atoms with Gasteiger partial charge in [-0.2, -0.15) is 0 Å². The van der Waals surface area contributed by atoms with Crippen molar-refractivity contribution in [2.24, 2.45) is 5.92 Å². The predicted molar refractivity (Wildman–Crippen MR) is 73.9 cm³/mol. The highest BCUT2D eigenvalue weighted by Gasteiger charge is 2.29. The monoisotopic (exact) mass is 231 g/mol. The summed E-state index contributed by atoms with van der Waals surface area (Å²) >= 11 is 0. The highest BCUT2D eigenvalue weighted by molar-refractivity contribution is 5.14. The van der Waals surface area contributed by atoms with Gasteiger partial charge in [-0.05, 0) is 30.9 Å². The molecule has 1 saturated heterocycles. The normalized spacial score (nSPS) is 21.2. The van der Waals surface area contributed by atoms with Crippen molar-refractivity contribution >= 4 is 0 Å². The fourth-order valence-electron chi connectivity index (χ4n) is 3.23. The first kappa shape index (κ1) is 12.6. The number of likely N-dealkylation sites (tertiary alicyclic amines) is 1. The molecule has 0 bridgehead atoms. The zero-order valence-corrected chi connectivity index (χ0v) is 11.2. The van der Waals surface area contributed by atoms with Gasteiger partial charge in [0.1, 0.15) is 0 Å². The molecule has 1 aromatic rings. The van der Waals surface area contributed by atoms with E-state index < -0.39 is 0 Å². The van der Waals surface area contributed by atoms with Gasteiger partial charge in [0.2, 0.25) is 0 Å². The van der Waals surface area contributed by atoms with Crippen LogP contribution in [0.2, 0.25) is 0 Å². The van der Waals surface area contributed by atoms with Crippen LogP contribution in [0.5, 0.6) is 0 Å². The average Bonchev–Trinajstić information content (AvgIpc) is 2.81. The molecule has 1 heterocycles. The fourth-order valence-corrected chi connectivity index (χ4v) is 3.23. The smallest absolute Gasteiger partial charge is 0.0236 e. The molecule has 0 aromatic heterocycles. The van der Waals surface area contributed by atoms with E-state index in [1.165, 1.54) is 37.8 Å². The van der Waals surface area contributed by atoms with Crippen molar-refractivity contribution in [2.75, 3.05) is 6.54 Å². The van der Waals surface area contributed by atoms with Crippen LogP contribution < -0.4 is 0 Å². The Morgan fingerprint density at radius 3 is 2.53 bits per heavy atom. The van der Waals surface area contributed by atoms with Crippen molar-refractivity contribution in [1.29, 1.82) is 0 Å². The number of benzene rings is 1. The Kier molecular flexibility index (Phi) is 4.61. The second kappa shape index (κ2) is 6.20. The van der Waals surface area contributed by atoms with Gasteiger partial charge >= 0.3 is 0 Å². The van der Waals surface area contributed by atoms with Crippen LogP contribution in [0, 0.1) is 5.92 Å². The summed E-state index contributed by atoms with van der Waals surface area (Å²) in [6, 6.07) is 11.7. The topological polar surface area (TPSA) is 3.24 Å². The van der Waals surface area contributed by atoms with E-state index in [0.717, 1.165) is 18.5 Å². The molecule has 0 N–H and O–H groups in total. The van der Waals surface area contributed by atoms with Gasteiger partial charge in [-0.15, -0.1) is 0 Å². The molecular formula is C16H25N. The molecule has 2 rings (SSSR count). The lowest BCUT2D eigenvalue weighted by molar-refractivity contribution is 0.174. The zero-order valence-electron chi connectivity index (χ0n) is 11.2. The number of nitrogens with zero attached hydrogens (tertiary/aromatic N) is 1. The van der Waals surface area contributed by atoms with Gasteiger partial charge in [-0.25, -0.2) is 0 Å². The number of hydrogen-bond acceptors (Lipinski definition) is 1. The Hall–Kier alpha value is -0.820. The van der Waals surface area contributed by atoms with Gasteiger partial charge in [0.15, 0.2) is 0 Å². The van der Waals surface area contributed by atoms with Crippen LogP contribution in [0.25, 0.3) is 0 Å². The van der Waals surface area contributed by atoms with E-state index in [1.807, 2.05) is 0 Å². The molecule has 1 aromatic carbocycles. The first-order valence-corrected chi connectivity index (χ1v) is 7.13. The molecule has 0 spiro atoms. The lowest BCUT2D eigenvalue weighted by Crippen LogP contribution is -2.34. The van der Waals surface area contributed by atoms with E-state index in [9.17, 15) is 0 Å². The second-order valence-corrected chi connectivity index (χ2v) is 5.24. The molecule has 17 heavy (non-hydrogen) atoms. The first-order chi connectivity index (χ1) is 8.35. The lowest BCUT2D eigenvalue weighted by atomic mass is 9.92. The summed E-state index contributed by atoms with van der Waals surface area (Å²) in [6.45, 7) is 7.11. The van der Waals surface area contributed by atoms with E-state index >= 15 is 0 Å². The maximum Gasteiger partial charge on any atom is 0.0236 e. The summed E-state index contributed by atoms with van der Waals surface area (Å²) in [5, 5.41) is 0.